The van der Waals surface area contributed by atoms with Gasteiger partial charge in [0.15, 0.2) is 23.3 Å². The second-order valence-corrected chi connectivity index (χ2v) is 16.9. The van der Waals surface area contributed by atoms with Crippen LogP contribution in [0, 0.1) is 47.3 Å². The van der Waals surface area contributed by atoms with Crippen molar-refractivity contribution in [2.75, 3.05) is 0 Å². The Morgan fingerprint density at radius 1 is 0.489 bits per heavy atom. The normalized spacial score (nSPS) is 41.7. The van der Waals surface area contributed by atoms with Gasteiger partial charge in [-0.3, -0.25) is 0 Å². The molecule has 0 aromatic carbocycles. The molecule has 0 aliphatic heterocycles. The maximum Gasteiger partial charge on any atom is 0.163 e. The first kappa shape index (κ1) is 33.4. The zero-order valence-electron chi connectivity index (χ0n) is 27.5. The molecular formula is C40H54F4S. The number of hydrogen-bond donors (Lipinski definition) is 0. The monoisotopic (exact) mass is 642 g/mol. The Morgan fingerprint density at radius 2 is 0.800 bits per heavy atom. The van der Waals surface area contributed by atoms with Crippen LogP contribution in [-0.4, -0.2) is 10.5 Å². The highest BCUT2D eigenvalue weighted by Gasteiger charge is 2.35. The number of thioether (sulfide) groups is 1. The lowest BCUT2D eigenvalue weighted by Crippen LogP contribution is -2.25. The summed E-state index contributed by atoms with van der Waals surface area (Å²) < 4.78 is 60.0. The van der Waals surface area contributed by atoms with E-state index in [1.54, 1.807) is 12.2 Å². The van der Waals surface area contributed by atoms with Crippen LogP contribution in [0.4, 0.5) is 17.6 Å². The van der Waals surface area contributed by atoms with E-state index in [2.05, 4.69) is 13.8 Å². The molecule has 6 rings (SSSR count). The fourth-order valence-electron chi connectivity index (χ4n) is 9.54. The Kier molecular flexibility index (Phi) is 11.3. The molecule has 4 saturated carbocycles. The van der Waals surface area contributed by atoms with Crippen molar-refractivity contribution in [1.82, 2.24) is 0 Å². The van der Waals surface area contributed by atoms with Crippen LogP contribution in [-0.2, 0) is 0 Å². The van der Waals surface area contributed by atoms with Crippen LogP contribution in [0.1, 0.15) is 117 Å². The zero-order chi connectivity index (χ0) is 31.5. The fourth-order valence-corrected chi connectivity index (χ4v) is 10.9. The average Bonchev–Trinajstić information content (AvgIpc) is 3.05. The molecule has 2 unspecified atom stereocenters. The van der Waals surface area contributed by atoms with Crippen molar-refractivity contribution in [2.24, 2.45) is 47.3 Å². The van der Waals surface area contributed by atoms with E-state index in [1.807, 2.05) is 12.2 Å². The molecule has 0 spiro atoms. The Hall–Kier alpha value is -1.49. The lowest BCUT2D eigenvalue weighted by atomic mass is 9.69. The Bertz CT molecular complexity index is 1110. The summed E-state index contributed by atoms with van der Waals surface area (Å²) in [6.07, 6.45) is 29.1. The smallest absolute Gasteiger partial charge is 0.163 e. The van der Waals surface area contributed by atoms with Crippen LogP contribution in [0.3, 0.4) is 0 Å². The van der Waals surface area contributed by atoms with Crippen LogP contribution >= 0.6 is 11.8 Å². The van der Waals surface area contributed by atoms with Gasteiger partial charge in [-0.15, -0.1) is 11.8 Å². The largest absolute Gasteiger partial charge is 0.204 e. The quantitative estimate of drug-likeness (QED) is 0.260. The Balaban J connectivity index is 1.11. The van der Waals surface area contributed by atoms with Crippen molar-refractivity contribution < 1.29 is 17.6 Å². The molecule has 0 bridgehead atoms. The minimum Gasteiger partial charge on any atom is -0.204 e. The van der Waals surface area contributed by atoms with Crippen molar-refractivity contribution in [2.45, 2.75) is 127 Å². The van der Waals surface area contributed by atoms with E-state index < -0.39 is 33.8 Å². The standard InChI is InChI=1S/C40H54F4S/c1-25-3-11-29(12-4-25)31-15-7-27(8-16-31)23-33-37(21-19-35(41)39(33)43)45-38-22-20-36(42)40(44)34(38)24-28-9-17-32(18-10-28)30-13-5-26(2)6-14-30/h19-32,37-38H,3-18H2,1-2H3. The molecule has 0 aromatic rings. The minimum absolute atomic E-state index is 0.223. The van der Waals surface area contributed by atoms with E-state index in [-0.39, 0.29) is 11.8 Å². The van der Waals surface area contributed by atoms with Crippen LogP contribution in [0.2, 0.25) is 0 Å². The predicted octanol–water partition coefficient (Wildman–Crippen LogP) is 13.0. The molecule has 0 saturated heterocycles. The molecule has 4 fully saturated rings. The lowest BCUT2D eigenvalue weighted by Gasteiger charge is -2.37. The van der Waals surface area contributed by atoms with Crippen molar-refractivity contribution in [3.63, 3.8) is 0 Å². The topological polar surface area (TPSA) is 0 Å². The first-order valence-corrected chi connectivity index (χ1v) is 19.3. The van der Waals surface area contributed by atoms with E-state index in [4.69, 9.17) is 0 Å². The van der Waals surface area contributed by atoms with Gasteiger partial charge in [-0.1, -0.05) is 63.8 Å². The molecule has 0 amide bonds. The molecule has 0 N–H and O–H groups in total. The van der Waals surface area contributed by atoms with E-state index in [9.17, 15) is 8.78 Å². The van der Waals surface area contributed by atoms with Gasteiger partial charge in [-0.2, -0.15) is 0 Å². The number of rotatable bonds is 6. The fraction of sp³-hybridized carbons (Fsp3) is 0.700. The molecule has 5 heteroatoms. The molecule has 248 valence electrons. The van der Waals surface area contributed by atoms with Gasteiger partial charge in [0, 0.05) is 11.1 Å². The third kappa shape index (κ3) is 8.15. The second-order valence-electron chi connectivity index (χ2n) is 15.7. The van der Waals surface area contributed by atoms with E-state index in [0.717, 1.165) is 86.9 Å². The van der Waals surface area contributed by atoms with Gasteiger partial charge in [0.2, 0.25) is 0 Å². The van der Waals surface area contributed by atoms with Crippen molar-refractivity contribution in [3.8, 4) is 0 Å². The van der Waals surface area contributed by atoms with Crippen LogP contribution in [0.15, 0.2) is 70.9 Å². The van der Waals surface area contributed by atoms with Crippen molar-refractivity contribution >= 4 is 11.8 Å². The number of halogens is 4. The number of hydrogen-bond acceptors (Lipinski definition) is 1. The van der Waals surface area contributed by atoms with E-state index in [0.29, 0.717) is 11.1 Å². The maximum atomic E-state index is 15.4. The molecule has 0 radical (unpaired) electrons. The van der Waals surface area contributed by atoms with Gasteiger partial charge in [0.25, 0.3) is 0 Å². The third-order valence-corrected chi connectivity index (χ3v) is 14.0. The highest BCUT2D eigenvalue weighted by atomic mass is 32.2. The van der Waals surface area contributed by atoms with Gasteiger partial charge < -0.3 is 0 Å². The van der Waals surface area contributed by atoms with Gasteiger partial charge in [-0.05, 0) is 137 Å². The second kappa shape index (κ2) is 15.2. The summed E-state index contributed by atoms with van der Waals surface area (Å²) in [6.45, 7) is 4.72. The van der Waals surface area contributed by atoms with E-state index >= 15 is 8.78 Å². The van der Waals surface area contributed by atoms with Crippen molar-refractivity contribution in [3.05, 3.63) is 70.9 Å². The summed E-state index contributed by atoms with van der Waals surface area (Å²) in [5.74, 6) is 2.05. The summed E-state index contributed by atoms with van der Waals surface area (Å²) >= 11 is 1.40. The van der Waals surface area contributed by atoms with Gasteiger partial charge in [0.05, 0.1) is 10.5 Å². The highest BCUT2D eigenvalue weighted by Crippen LogP contribution is 2.47. The van der Waals surface area contributed by atoms with Crippen molar-refractivity contribution in [1.29, 1.82) is 0 Å². The van der Waals surface area contributed by atoms with Crippen LogP contribution in [0.5, 0.6) is 0 Å². The maximum absolute atomic E-state index is 15.4. The lowest BCUT2D eigenvalue weighted by molar-refractivity contribution is 0.160. The molecule has 2 atom stereocenters. The minimum atomic E-state index is -0.834. The first-order chi connectivity index (χ1) is 21.7. The zero-order valence-corrected chi connectivity index (χ0v) is 28.3. The summed E-state index contributed by atoms with van der Waals surface area (Å²) in [5, 5.41) is -0.892. The molecule has 0 nitrogen and oxygen atoms in total. The summed E-state index contributed by atoms with van der Waals surface area (Å²) in [5.41, 5.74) is 0.751. The first-order valence-electron chi connectivity index (χ1n) is 18.3. The molecule has 0 aromatic heterocycles. The van der Waals surface area contributed by atoms with Gasteiger partial charge in [0.1, 0.15) is 0 Å². The molecule has 45 heavy (non-hydrogen) atoms. The highest BCUT2D eigenvalue weighted by molar-refractivity contribution is 8.01. The number of allylic oxidation sites excluding steroid dienone is 8. The Labute approximate surface area is 274 Å². The van der Waals surface area contributed by atoms with Gasteiger partial charge >= 0.3 is 0 Å². The predicted molar refractivity (Wildman–Crippen MR) is 181 cm³/mol. The molecule has 6 aliphatic rings. The molecular weight excluding hydrogens is 588 g/mol. The van der Waals surface area contributed by atoms with Gasteiger partial charge in [-0.25, -0.2) is 17.6 Å². The third-order valence-electron chi connectivity index (χ3n) is 12.6. The summed E-state index contributed by atoms with van der Waals surface area (Å²) in [7, 11) is 0. The summed E-state index contributed by atoms with van der Waals surface area (Å²) in [6, 6.07) is 0. The Morgan fingerprint density at radius 3 is 1.13 bits per heavy atom. The molecule has 0 heterocycles. The van der Waals surface area contributed by atoms with Crippen LogP contribution in [0.25, 0.3) is 0 Å². The average molecular weight is 643 g/mol. The van der Waals surface area contributed by atoms with E-state index in [1.165, 1.54) is 75.3 Å². The van der Waals surface area contributed by atoms with Crippen LogP contribution < -0.4 is 0 Å². The SMILES string of the molecule is CC1CCC(C2CCC(C=C3C(F)=C(F)C=CC3SC3C=CC(F)=C(F)C3=CC3CCC(C4CCC(C)CC4)CC3)CC2)CC1. The molecule has 6 aliphatic carbocycles. The summed E-state index contributed by atoms with van der Waals surface area (Å²) in [4.78, 5) is 0.